The summed E-state index contributed by atoms with van der Waals surface area (Å²) in [6.45, 7) is 0. The summed E-state index contributed by atoms with van der Waals surface area (Å²) in [5.74, 6) is -0.455. The number of carboxylic acids is 1. The number of ether oxygens (including phenoxy) is 1. The van der Waals surface area contributed by atoms with Crippen LogP contribution >= 0.6 is 11.3 Å². The molecule has 0 bridgehead atoms. The van der Waals surface area contributed by atoms with Gasteiger partial charge in [0, 0.05) is 42.1 Å². The van der Waals surface area contributed by atoms with E-state index in [1.165, 1.54) is 5.01 Å². The molecule has 8 nitrogen and oxygen atoms in total. The molecule has 0 radical (unpaired) electrons. The van der Waals surface area contributed by atoms with Crippen LogP contribution in [-0.2, 0) is 9.59 Å². The SMILES string of the molecule is COc1ccccc1-c1nn(-c2ccccc2)cc1[C@@H]1CC(c2ccsc2)=NN1C(=O)CCCC(=O)O. The van der Waals surface area contributed by atoms with Crippen molar-refractivity contribution in [1.82, 2.24) is 14.8 Å². The van der Waals surface area contributed by atoms with Crippen LogP contribution in [-0.4, -0.2) is 44.6 Å². The third kappa shape index (κ3) is 5.17. The molecule has 4 aromatic rings. The maximum absolute atomic E-state index is 13.4. The molecule has 0 fully saturated rings. The minimum absolute atomic E-state index is 0.0657. The van der Waals surface area contributed by atoms with Gasteiger partial charge in [-0.1, -0.05) is 30.3 Å². The monoisotopic (exact) mass is 514 g/mol. The van der Waals surface area contributed by atoms with Gasteiger partial charge in [0.2, 0.25) is 5.91 Å². The summed E-state index contributed by atoms with van der Waals surface area (Å²) in [4.78, 5) is 24.4. The summed E-state index contributed by atoms with van der Waals surface area (Å²) in [5, 5.41) is 24.2. The van der Waals surface area contributed by atoms with E-state index >= 15 is 0 Å². The van der Waals surface area contributed by atoms with Crippen LogP contribution in [0.3, 0.4) is 0 Å². The molecule has 1 aliphatic heterocycles. The van der Waals surface area contributed by atoms with Crippen LogP contribution in [0.1, 0.15) is 42.9 Å². The lowest BCUT2D eigenvalue weighted by atomic mass is 9.96. The lowest BCUT2D eigenvalue weighted by Crippen LogP contribution is -2.27. The highest BCUT2D eigenvalue weighted by Gasteiger charge is 2.36. The number of hydrazone groups is 1. The molecule has 1 amide bonds. The van der Waals surface area contributed by atoms with Crippen LogP contribution < -0.4 is 4.74 Å². The normalized spacial score (nSPS) is 15.0. The van der Waals surface area contributed by atoms with E-state index in [2.05, 4.69) is 0 Å². The van der Waals surface area contributed by atoms with Gasteiger partial charge < -0.3 is 9.84 Å². The third-order valence-electron chi connectivity index (χ3n) is 6.29. The van der Waals surface area contributed by atoms with E-state index in [0.29, 0.717) is 17.9 Å². The zero-order valence-corrected chi connectivity index (χ0v) is 21.1. The van der Waals surface area contributed by atoms with Gasteiger partial charge in [0.1, 0.15) is 11.4 Å². The Labute approximate surface area is 218 Å². The topological polar surface area (TPSA) is 97.0 Å². The molecule has 0 saturated carbocycles. The zero-order chi connectivity index (χ0) is 25.8. The molecule has 188 valence electrons. The first kappa shape index (κ1) is 24.5. The average Bonchev–Trinajstić information content (AvgIpc) is 3.68. The summed E-state index contributed by atoms with van der Waals surface area (Å²) in [7, 11) is 1.62. The van der Waals surface area contributed by atoms with Crippen molar-refractivity contribution in [3.8, 4) is 22.7 Å². The fraction of sp³-hybridized carbons (Fsp3) is 0.214. The highest BCUT2D eigenvalue weighted by atomic mass is 32.1. The second-order valence-corrected chi connectivity index (χ2v) is 9.46. The molecule has 1 N–H and O–H groups in total. The summed E-state index contributed by atoms with van der Waals surface area (Å²) in [5.41, 5.74) is 5.05. The highest BCUT2D eigenvalue weighted by molar-refractivity contribution is 7.08. The van der Waals surface area contributed by atoms with Crippen molar-refractivity contribution in [2.75, 3.05) is 7.11 Å². The van der Waals surface area contributed by atoms with Crippen molar-refractivity contribution >= 4 is 28.9 Å². The molecular weight excluding hydrogens is 488 g/mol. The fourth-order valence-electron chi connectivity index (χ4n) is 4.48. The van der Waals surface area contributed by atoms with E-state index in [4.69, 9.17) is 20.0 Å². The first-order chi connectivity index (χ1) is 18.0. The van der Waals surface area contributed by atoms with Gasteiger partial charge >= 0.3 is 5.97 Å². The number of carbonyl (C=O) groups is 2. The summed E-state index contributed by atoms with van der Waals surface area (Å²) < 4.78 is 7.46. The smallest absolute Gasteiger partial charge is 0.303 e. The van der Waals surface area contributed by atoms with Gasteiger partial charge in [-0.3, -0.25) is 9.59 Å². The number of aliphatic carboxylic acids is 1. The van der Waals surface area contributed by atoms with Gasteiger partial charge in [-0.25, -0.2) is 9.69 Å². The Morgan fingerprint density at radius 1 is 1.08 bits per heavy atom. The molecule has 0 unspecified atom stereocenters. The number of hydrogen-bond acceptors (Lipinski definition) is 6. The largest absolute Gasteiger partial charge is 0.496 e. The van der Waals surface area contributed by atoms with E-state index in [0.717, 1.165) is 28.1 Å². The van der Waals surface area contributed by atoms with Gasteiger partial charge in [-0.05, 0) is 47.5 Å². The molecule has 2 aromatic carbocycles. The number of aromatic nitrogens is 2. The molecule has 2 aromatic heterocycles. The first-order valence-corrected chi connectivity index (χ1v) is 12.9. The van der Waals surface area contributed by atoms with Crippen LogP contribution in [0.5, 0.6) is 5.75 Å². The van der Waals surface area contributed by atoms with Crippen LogP contribution in [0.2, 0.25) is 0 Å². The number of nitrogens with zero attached hydrogens (tertiary/aromatic N) is 4. The molecule has 1 atom stereocenters. The second-order valence-electron chi connectivity index (χ2n) is 8.68. The number of hydrogen-bond donors (Lipinski definition) is 1. The van der Waals surface area contributed by atoms with Gasteiger partial charge in [0.15, 0.2) is 0 Å². The number of methoxy groups -OCH3 is 1. The fourth-order valence-corrected chi connectivity index (χ4v) is 5.15. The van der Waals surface area contributed by atoms with Gasteiger partial charge in [0.05, 0.1) is 24.6 Å². The number of carboxylic acid groups (broad SMARTS) is 1. The number of thiophene rings is 1. The molecule has 0 aliphatic carbocycles. The standard InChI is InChI=1S/C28H26N4O4S/c1-36-25-11-6-5-10-21(25)28-22(17-31(30-28)20-8-3-2-4-9-20)24-16-23(19-14-15-37-18-19)29-32(24)26(33)12-7-13-27(34)35/h2-6,8-11,14-15,17-18,24H,7,12-13,16H2,1H3,(H,34,35)/t24-/m0/s1. The number of carbonyl (C=O) groups excluding carboxylic acids is 1. The minimum Gasteiger partial charge on any atom is -0.496 e. The Hall–Kier alpha value is -4.24. The Bertz CT molecular complexity index is 1430. The van der Waals surface area contributed by atoms with Crippen molar-refractivity contribution in [1.29, 1.82) is 0 Å². The van der Waals surface area contributed by atoms with Crippen molar-refractivity contribution in [2.45, 2.75) is 31.7 Å². The summed E-state index contributed by atoms with van der Waals surface area (Å²) >= 11 is 1.57. The number of benzene rings is 2. The number of para-hydroxylation sites is 2. The Morgan fingerprint density at radius 2 is 1.86 bits per heavy atom. The minimum atomic E-state index is -0.921. The molecule has 37 heavy (non-hydrogen) atoms. The molecule has 5 rings (SSSR count). The van der Waals surface area contributed by atoms with E-state index in [-0.39, 0.29) is 25.2 Å². The second kappa shape index (κ2) is 10.8. The zero-order valence-electron chi connectivity index (χ0n) is 20.3. The maximum atomic E-state index is 13.4. The van der Waals surface area contributed by atoms with Gasteiger partial charge in [0.25, 0.3) is 0 Å². The first-order valence-electron chi connectivity index (χ1n) is 12.0. The molecule has 0 spiro atoms. The molecule has 9 heteroatoms. The Kier molecular flexibility index (Phi) is 7.14. The van der Waals surface area contributed by atoms with E-state index in [9.17, 15) is 9.59 Å². The molecule has 3 heterocycles. The maximum Gasteiger partial charge on any atom is 0.303 e. The van der Waals surface area contributed by atoms with Crippen LogP contribution in [0, 0.1) is 0 Å². The lowest BCUT2D eigenvalue weighted by Gasteiger charge is -2.22. The molecular formula is C28H26N4O4S. The number of rotatable bonds is 9. The van der Waals surface area contributed by atoms with E-state index < -0.39 is 12.0 Å². The van der Waals surface area contributed by atoms with Gasteiger partial charge in [-0.15, -0.1) is 0 Å². The lowest BCUT2D eigenvalue weighted by molar-refractivity contribution is -0.137. The predicted molar refractivity (Wildman–Crippen MR) is 142 cm³/mol. The highest BCUT2D eigenvalue weighted by Crippen LogP contribution is 2.41. The van der Waals surface area contributed by atoms with Crippen LogP contribution in [0.4, 0.5) is 0 Å². The Balaban J connectivity index is 1.59. The average molecular weight is 515 g/mol. The quantitative estimate of drug-likeness (QED) is 0.316. The van der Waals surface area contributed by atoms with Crippen molar-refractivity contribution < 1.29 is 19.4 Å². The number of amides is 1. The van der Waals surface area contributed by atoms with Crippen molar-refractivity contribution in [3.05, 3.63) is 88.7 Å². The Morgan fingerprint density at radius 3 is 2.59 bits per heavy atom. The third-order valence-corrected chi connectivity index (χ3v) is 6.97. The predicted octanol–water partition coefficient (Wildman–Crippen LogP) is 5.54. The van der Waals surface area contributed by atoms with E-state index in [1.807, 2.05) is 82.3 Å². The molecule has 0 saturated heterocycles. The van der Waals surface area contributed by atoms with Gasteiger partial charge in [-0.2, -0.15) is 21.5 Å². The van der Waals surface area contributed by atoms with E-state index in [1.54, 1.807) is 18.4 Å². The summed E-state index contributed by atoms with van der Waals surface area (Å²) in [6, 6.07) is 19.1. The van der Waals surface area contributed by atoms with Crippen LogP contribution in [0.25, 0.3) is 16.9 Å². The van der Waals surface area contributed by atoms with Crippen molar-refractivity contribution in [2.24, 2.45) is 5.10 Å². The van der Waals surface area contributed by atoms with Crippen molar-refractivity contribution in [3.63, 3.8) is 0 Å². The summed E-state index contributed by atoms with van der Waals surface area (Å²) in [6.07, 6.45) is 2.75. The molecule has 1 aliphatic rings. The van der Waals surface area contributed by atoms with Crippen LogP contribution in [0.15, 0.2) is 82.7 Å².